The zero-order valence-electron chi connectivity index (χ0n) is 16.1. The Morgan fingerprint density at radius 1 is 1.03 bits per heavy atom. The third-order valence-corrected chi connectivity index (χ3v) is 5.65. The van der Waals surface area contributed by atoms with Gasteiger partial charge < -0.3 is 15.0 Å². The maximum Gasteiger partial charge on any atom is 0.251 e. The van der Waals surface area contributed by atoms with Crippen LogP contribution in [0, 0.1) is 0 Å². The van der Waals surface area contributed by atoms with Crippen molar-refractivity contribution in [2.24, 2.45) is 0 Å². The number of nitrogens with one attached hydrogen (secondary N) is 1. The minimum atomic E-state index is -0.175. The maximum atomic E-state index is 12.4. The van der Waals surface area contributed by atoms with Crippen molar-refractivity contribution in [3.63, 3.8) is 0 Å². The molecular formula is C22H24Cl2N2O3. The zero-order chi connectivity index (χ0) is 20.6. The van der Waals surface area contributed by atoms with Crippen LogP contribution in [-0.2, 0) is 4.79 Å². The monoisotopic (exact) mass is 434 g/mol. The highest BCUT2D eigenvalue weighted by atomic mass is 35.5. The second kappa shape index (κ2) is 10.5. The SMILES string of the molecule is O=C(NC1CCN(C(=O)CCCOc2ccccc2)CC1)c1ccc(Cl)c(Cl)c1. The molecule has 1 heterocycles. The second-order valence-corrected chi connectivity index (χ2v) is 7.84. The van der Waals surface area contributed by atoms with Gasteiger partial charge in [0.15, 0.2) is 0 Å². The first-order valence-electron chi connectivity index (χ1n) is 9.74. The van der Waals surface area contributed by atoms with Gasteiger partial charge in [-0.3, -0.25) is 9.59 Å². The molecule has 29 heavy (non-hydrogen) atoms. The van der Waals surface area contributed by atoms with Crippen molar-refractivity contribution >= 4 is 35.0 Å². The van der Waals surface area contributed by atoms with E-state index in [1.54, 1.807) is 18.2 Å². The molecule has 0 aromatic heterocycles. The Morgan fingerprint density at radius 2 is 1.76 bits per heavy atom. The molecular weight excluding hydrogens is 411 g/mol. The first-order valence-corrected chi connectivity index (χ1v) is 10.5. The van der Waals surface area contributed by atoms with Crippen molar-refractivity contribution in [3.8, 4) is 5.75 Å². The average molecular weight is 435 g/mol. The number of halogens is 2. The number of piperidine rings is 1. The number of hydrogen-bond acceptors (Lipinski definition) is 3. The van der Waals surface area contributed by atoms with E-state index >= 15 is 0 Å². The number of rotatable bonds is 7. The minimum Gasteiger partial charge on any atom is -0.494 e. The molecule has 5 nitrogen and oxygen atoms in total. The summed E-state index contributed by atoms with van der Waals surface area (Å²) < 4.78 is 5.63. The first-order chi connectivity index (χ1) is 14.0. The highest BCUT2D eigenvalue weighted by molar-refractivity contribution is 6.42. The lowest BCUT2D eigenvalue weighted by Gasteiger charge is -2.32. The molecule has 1 fully saturated rings. The Hall–Kier alpha value is -2.24. The summed E-state index contributed by atoms with van der Waals surface area (Å²) in [5, 5.41) is 3.79. The van der Waals surface area contributed by atoms with E-state index in [0.717, 1.165) is 18.6 Å². The largest absolute Gasteiger partial charge is 0.494 e. The Kier molecular flexibility index (Phi) is 7.78. The van der Waals surface area contributed by atoms with Gasteiger partial charge in [0, 0.05) is 31.1 Å². The van der Waals surface area contributed by atoms with Gasteiger partial charge in [-0.15, -0.1) is 0 Å². The second-order valence-electron chi connectivity index (χ2n) is 7.02. The van der Waals surface area contributed by atoms with Crippen LogP contribution in [0.5, 0.6) is 5.75 Å². The van der Waals surface area contributed by atoms with Gasteiger partial charge in [-0.1, -0.05) is 41.4 Å². The number of carbonyl (C=O) groups excluding carboxylic acids is 2. The lowest BCUT2D eigenvalue weighted by molar-refractivity contribution is -0.132. The van der Waals surface area contributed by atoms with E-state index in [1.807, 2.05) is 35.2 Å². The van der Waals surface area contributed by atoms with Crippen LogP contribution < -0.4 is 10.1 Å². The van der Waals surface area contributed by atoms with Crippen LogP contribution in [0.3, 0.4) is 0 Å². The van der Waals surface area contributed by atoms with Gasteiger partial charge >= 0.3 is 0 Å². The molecule has 0 aliphatic carbocycles. The Bertz CT molecular complexity index is 837. The molecule has 1 saturated heterocycles. The molecule has 7 heteroatoms. The van der Waals surface area contributed by atoms with E-state index in [2.05, 4.69) is 5.32 Å². The van der Waals surface area contributed by atoms with E-state index in [-0.39, 0.29) is 17.9 Å². The van der Waals surface area contributed by atoms with Crippen LogP contribution in [0.25, 0.3) is 0 Å². The molecule has 2 aromatic rings. The minimum absolute atomic E-state index is 0.0439. The van der Waals surface area contributed by atoms with Gasteiger partial charge in [-0.25, -0.2) is 0 Å². The maximum absolute atomic E-state index is 12.4. The molecule has 0 radical (unpaired) electrons. The highest BCUT2D eigenvalue weighted by Crippen LogP contribution is 2.23. The number of ether oxygens (including phenoxy) is 1. The summed E-state index contributed by atoms with van der Waals surface area (Å²) in [5.74, 6) is 0.779. The molecule has 3 rings (SSSR count). The van der Waals surface area contributed by atoms with E-state index < -0.39 is 0 Å². The highest BCUT2D eigenvalue weighted by Gasteiger charge is 2.24. The van der Waals surface area contributed by atoms with Gasteiger partial charge in [0.05, 0.1) is 16.7 Å². The summed E-state index contributed by atoms with van der Waals surface area (Å²) in [6.07, 6.45) is 2.62. The van der Waals surface area contributed by atoms with Crippen LogP contribution in [0.2, 0.25) is 10.0 Å². The van der Waals surface area contributed by atoms with E-state index in [0.29, 0.717) is 48.1 Å². The van der Waals surface area contributed by atoms with Crippen LogP contribution in [-0.4, -0.2) is 42.5 Å². The number of para-hydroxylation sites is 1. The number of benzene rings is 2. The molecule has 0 spiro atoms. The number of carbonyl (C=O) groups is 2. The van der Waals surface area contributed by atoms with Crippen molar-refractivity contribution in [2.45, 2.75) is 31.7 Å². The summed E-state index contributed by atoms with van der Waals surface area (Å²) in [5.41, 5.74) is 0.483. The zero-order valence-corrected chi connectivity index (χ0v) is 17.6. The summed E-state index contributed by atoms with van der Waals surface area (Å²) >= 11 is 11.9. The lowest BCUT2D eigenvalue weighted by atomic mass is 10.0. The fourth-order valence-corrected chi connectivity index (χ4v) is 3.57. The van der Waals surface area contributed by atoms with Crippen molar-refractivity contribution in [1.29, 1.82) is 0 Å². The molecule has 1 N–H and O–H groups in total. The standard InChI is InChI=1S/C22H24Cl2N2O3/c23-19-9-8-16(15-20(19)24)22(28)25-17-10-12-26(13-11-17)21(27)7-4-14-29-18-5-2-1-3-6-18/h1-3,5-6,8-9,15,17H,4,7,10-14H2,(H,25,28). The molecule has 0 atom stereocenters. The smallest absolute Gasteiger partial charge is 0.251 e. The van der Waals surface area contributed by atoms with Crippen molar-refractivity contribution in [1.82, 2.24) is 10.2 Å². The lowest BCUT2D eigenvalue weighted by Crippen LogP contribution is -2.46. The molecule has 1 aliphatic heterocycles. The van der Waals surface area contributed by atoms with Crippen molar-refractivity contribution in [3.05, 3.63) is 64.1 Å². The van der Waals surface area contributed by atoms with Gasteiger partial charge in [0.2, 0.25) is 5.91 Å². The predicted molar refractivity (Wildman–Crippen MR) is 115 cm³/mol. The fraction of sp³-hybridized carbons (Fsp3) is 0.364. The summed E-state index contributed by atoms with van der Waals surface area (Å²) in [6, 6.07) is 14.5. The van der Waals surface area contributed by atoms with Gasteiger partial charge in [0.25, 0.3) is 5.91 Å². The summed E-state index contributed by atoms with van der Waals surface area (Å²) in [7, 11) is 0. The van der Waals surface area contributed by atoms with Gasteiger partial charge in [0.1, 0.15) is 5.75 Å². The third kappa shape index (κ3) is 6.38. The summed E-state index contributed by atoms with van der Waals surface area (Å²) in [4.78, 5) is 26.6. The van der Waals surface area contributed by atoms with Crippen LogP contribution in [0.15, 0.2) is 48.5 Å². The molecule has 0 saturated carbocycles. The topological polar surface area (TPSA) is 58.6 Å². The van der Waals surface area contributed by atoms with Gasteiger partial charge in [-0.2, -0.15) is 0 Å². The van der Waals surface area contributed by atoms with Crippen LogP contribution in [0.4, 0.5) is 0 Å². The Balaban J connectivity index is 1.36. The predicted octanol–water partition coefficient (Wildman–Crippen LogP) is 4.57. The van der Waals surface area contributed by atoms with E-state index in [1.165, 1.54) is 0 Å². The molecule has 0 bridgehead atoms. The quantitative estimate of drug-likeness (QED) is 0.648. The van der Waals surface area contributed by atoms with Crippen LogP contribution >= 0.6 is 23.2 Å². The Labute approximate surface area is 180 Å². The average Bonchev–Trinajstić information content (AvgIpc) is 2.74. The van der Waals surface area contributed by atoms with Crippen molar-refractivity contribution < 1.29 is 14.3 Å². The molecule has 2 amide bonds. The number of hydrogen-bond donors (Lipinski definition) is 1. The fourth-order valence-electron chi connectivity index (χ4n) is 3.27. The first kappa shape index (κ1) is 21.5. The van der Waals surface area contributed by atoms with Gasteiger partial charge in [-0.05, 0) is 49.6 Å². The number of amides is 2. The molecule has 0 unspecified atom stereocenters. The van der Waals surface area contributed by atoms with E-state index in [9.17, 15) is 9.59 Å². The van der Waals surface area contributed by atoms with E-state index in [4.69, 9.17) is 27.9 Å². The summed E-state index contributed by atoms with van der Waals surface area (Å²) in [6.45, 7) is 1.81. The normalized spacial score (nSPS) is 14.5. The number of likely N-dealkylation sites (tertiary alicyclic amines) is 1. The molecule has 1 aliphatic rings. The Morgan fingerprint density at radius 3 is 2.45 bits per heavy atom. The van der Waals surface area contributed by atoms with Crippen LogP contribution in [0.1, 0.15) is 36.0 Å². The number of nitrogens with zero attached hydrogens (tertiary/aromatic N) is 1. The molecule has 2 aromatic carbocycles. The third-order valence-electron chi connectivity index (χ3n) is 4.91. The molecule has 154 valence electrons. The van der Waals surface area contributed by atoms with Crippen molar-refractivity contribution in [2.75, 3.05) is 19.7 Å².